The SMILES string of the molecule is CCC(C)NC(=NC)NCCn1cc(C)cn1. The van der Waals surface area contributed by atoms with Gasteiger partial charge in [-0.05, 0) is 25.8 Å². The second-order valence-corrected chi connectivity index (χ2v) is 4.23. The number of aryl methyl sites for hydroxylation is 1. The molecule has 0 bridgehead atoms. The maximum absolute atomic E-state index is 4.23. The minimum Gasteiger partial charge on any atom is -0.355 e. The minimum atomic E-state index is 0.438. The molecule has 96 valence electrons. The topological polar surface area (TPSA) is 54.2 Å². The van der Waals surface area contributed by atoms with E-state index in [4.69, 9.17) is 0 Å². The second kappa shape index (κ2) is 6.93. The van der Waals surface area contributed by atoms with Crippen LogP contribution in [0.5, 0.6) is 0 Å². The molecular formula is C12H23N5. The van der Waals surface area contributed by atoms with E-state index in [2.05, 4.69) is 34.6 Å². The molecule has 1 aromatic heterocycles. The Labute approximate surface area is 103 Å². The fraction of sp³-hybridized carbons (Fsp3) is 0.667. The zero-order valence-electron chi connectivity index (χ0n) is 11.2. The van der Waals surface area contributed by atoms with Crippen LogP contribution in [-0.4, -0.2) is 35.4 Å². The van der Waals surface area contributed by atoms with Crippen LogP contribution in [0.1, 0.15) is 25.8 Å². The van der Waals surface area contributed by atoms with Crippen LogP contribution in [0.4, 0.5) is 0 Å². The van der Waals surface area contributed by atoms with Crippen molar-refractivity contribution in [3.8, 4) is 0 Å². The van der Waals surface area contributed by atoms with Gasteiger partial charge in [-0.2, -0.15) is 5.10 Å². The van der Waals surface area contributed by atoms with Crippen LogP contribution in [-0.2, 0) is 6.54 Å². The van der Waals surface area contributed by atoms with Crippen molar-refractivity contribution in [3.63, 3.8) is 0 Å². The third kappa shape index (κ3) is 4.89. The number of nitrogens with zero attached hydrogens (tertiary/aromatic N) is 3. The molecule has 0 aliphatic carbocycles. The summed E-state index contributed by atoms with van der Waals surface area (Å²) in [6, 6.07) is 0.438. The zero-order valence-corrected chi connectivity index (χ0v) is 11.2. The lowest BCUT2D eigenvalue weighted by molar-refractivity contribution is 0.582. The van der Waals surface area contributed by atoms with Gasteiger partial charge in [0.2, 0.25) is 0 Å². The van der Waals surface area contributed by atoms with Crippen LogP contribution < -0.4 is 10.6 Å². The van der Waals surface area contributed by atoms with Gasteiger partial charge in [0.25, 0.3) is 0 Å². The Balaban J connectivity index is 2.29. The molecule has 0 radical (unpaired) electrons. The van der Waals surface area contributed by atoms with Crippen LogP contribution in [0.2, 0.25) is 0 Å². The van der Waals surface area contributed by atoms with Crippen molar-refractivity contribution in [2.45, 2.75) is 39.8 Å². The predicted octanol–water partition coefficient (Wildman–Crippen LogP) is 1.16. The van der Waals surface area contributed by atoms with E-state index in [0.717, 1.165) is 25.5 Å². The summed E-state index contributed by atoms with van der Waals surface area (Å²) >= 11 is 0. The van der Waals surface area contributed by atoms with E-state index in [9.17, 15) is 0 Å². The Kier molecular flexibility index (Phi) is 5.52. The maximum atomic E-state index is 4.23. The monoisotopic (exact) mass is 237 g/mol. The highest BCUT2D eigenvalue weighted by atomic mass is 15.3. The van der Waals surface area contributed by atoms with Crippen molar-refractivity contribution >= 4 is 5.96 Å². The summed E-state index contributed by atoms with van der Waals surface area (Å²) in [5, 5.41) is 10.8. The Morgan fingerprint density at radius 3 is 2.88 bits per heavy atom. The molecule has 5 heteroatoms. The Bertz CT molecular complexity index is 356. The highest BCUT2D eigenvalue weighted by molar-refractivity contribution is 5.79. The molecular weight excluding hydrogens is 214 g/mol. The first-order chi connectivity index (χ1) is 8.15. The standard InChI is InChI=1S/C12H23N5/c1-5-11(3)16-12(13-4)14-6-7-17-9-10(2)8-15-17/h8-9,11H,5-7H2,1-4H3,(H2,13,14,16). The molecule has 17 heavy (non-hydrogen) atoms. The van der Waals surface area contributed by atoms with E-state index < -0.39 is 0 Å². The molecule has 1 aromatic rings. The van der Waals surface area contributed by atoms with Crippen LogP contribution in [0.3, 0.4) is 0 Å². The number of hydrogen-bond donors (Lipinski definition) is 2. The zero-order chi connectivity index (χ0) is 12.7. The number of hydrogen-bond acceptors (Lipinski definition) is 2. The Morgan fingerprint density at radius 2 is 2.35 bits per heavy atom. The fourth-order valence-corrected chi connectivity index (χ4v) is 1.41. The largest absolute Gasteiger partial charge is 0.355 e. The summed E-state index contributed by atoms with van der Waals surface area (Å²) in [5.74, 6) is 0.850. The molecule has 1 atom stereocenters. The molecule has 2 N–H and O–H groups in total. The molecule has 0 amide bonds. The molecule has 1 unspecified atom stereocenters. The van der Waals surface area contributed by atoms with Crippen molar-refractivity contribution in [1.82, 2.24) is 20.4 Å². The lowest BCUT2D eigenvalue weighted by Gasteiger charge is -2.16. The molecule has 1 rings (SSSR count). The number of nitrogens with one attached hydrogen (secondary N) is 2. The average Bonchev–Trinajstić information content (AvgIpc) is 2.73. The van der Waals surface area contributed by atoms with Gasteiger partial charge in [-0.15, -0.1) is 0 Å². The normalized spacial score (nSPS) is 13.5. The second-order valence-electron chi connectivity index (χ2n) is 4.23. The van der Waals surface area contributed by atoms with Gasteiger partial charge in [0, 0.05) is 25.8 Å². The van der Waals surface area contributed by atoms with Crippen LogP contribution in [0.25, 0.3) is 0 Å². The van der Waals surface area contributed by atoms with E-state index in [-0.39, 0.29) is 0 Å². The van der Waals surface area contributed by atoms with Crippen LogP contribution in [0, 0.1) is 6.92 Å². The molecule has 0 aliphatic heterocycles. The van der Waals surface area contributed by atoms with E-state index in [1.165, 1.54) is 5.56 Å². The molecule has 0 aromatic carbocycles. The molecule has 0 saturated carbocycles. The van der Waals surface area contributed by atoms with Gasteiger partial charge in [0.05, 0.1) is 12.7 Å². The van der Waals surface area contributed by atoms with Gasteiger partial charge in [0.15, 0.2) is 5.96 Å². The first kappa shape index (κ1) is 13.5. The smallest absolute Gasteiger partial charge is 0.191 e. The molecule has 0 spiro atoms. The van der Waals surface area contributed by atoms with Crippen molar-refractivity contribution in [2.24, 2.45) is 4.99 Å². The third-order valence-electron chi connectivity index (χ3n) is 2.61. The van der Waals surface area contributed by atoms with E-state index in [0.29, 0.717) is 6.04 Å². The first-order valence-electron chi connectivity index (χ1n) is 6.12. The van der Waals surface area contributed by atoms with Crippen molar-refractivity contribution in [3.05, 3.63) is 18.0 Å². The van der Waals surface area contributed by atoms with Crippen molar-refractivity contribution < 1.29 is 0 Å². The quantitative estimate of drug-likeness (QED) is 0.597. The van der Waals surface area contributed by atoms with Crippen LogP contribution in [0.15, 0.2) is 17.4 Å². The number of guanidine groups is 1. The predicted molar refractivity (Wildman–Crippen MR) is 71.2 cm³/mol. The maximum Gasteiger partial charge on any atom is 0.191 e. The summed E-state index contributed by atoms with van der Waals surface area (Å²) < 4.78 is 1.93. The number of rotatable bonds is 5. The minimum absolute atomic E-state index is 0.438. The van der Waals surface area contributed by atoms with Crippen molar-refractivity contribution in [1.29, 1.82) is 0 Å². The van der Waals surface area contributed by atoms with Crippen LogP contribution >= 0.6 is 0 Å². The van der Waals surface area contributed by atoms with Gasteiger partial charge < -0.3 is 10.6 Å². The van der Waals surface area contributed by atoms with Gasteiger partial charge in [-0.25, -0.2) is 0 Å². The fourth-order valence-electron chi connectivity index (χ4n) is 1.41. The van der Waals surface area contributed by atoms with E-state index >= 15 is 0 Å². The van der Waals surface area contributed by atoms with Gasteiger partial charge >= 0.3 is 0 Å². The highest BCUT2D eigenvalue weighted by Gasteiger charge is 2.02. The molecule has 0 saturated heterocycles. The number of aromatic nitrogens is 2. The lowest BCUT2D eigenvalue weighted by Crippen LogP contribution is -2.43. The molecule has 0 aliphatic rings. The summed E-state index contributed by atoms with van der Waals surface area (Å²) in [7, 11) is 1.79. The van der Waals surface area contributed by atoms with E-state index in [1.54, 1.807) is 7.05 Å². The van der Waals surface area contributed by atoms with E-state index in [1.807, 2.05) is 24.0 Å². The van der Waals surface area contributed by atoms with Gasteiger partial charge in [-0.1, -0.05) is 6.92 Å². The molecule has 5 nitrogen and oxygen atoms in total. The average molecular weight is 237 g/mol. The summed E-state index contributed by atoms with van der Waals surface area (Å²) in [6.45, 7) is 7.99. The van der Waals surface area contributed by atoms with Gasteiger partial charge in [-0.3, -0.25) is 9.67 Å². The summed E-state index contributed by atoms with van der Waals surface area (Å²) in [5.41, 5.74) is 1.19. The summed E-state index contributed by atoms with van der Waals surface area (Å²) in [6.07, 6.45) is 4.98. The Hall–Kier alpha value is -1.52. The molecule has 1 heterocycles. The third-order valence-corrected chi connectivity index (χ3v) is 2.61. The highest BCUT2D eigenvalue weighted by Crippen LogP contribution is 1.93. The number of aliphatic imine (C=N–C) groups is 1. The summed E-state index contributed by atoms with van der Waals surface area (Å²) in [4.78, 5) is 4.18. The lowest BCUT2D eigenvalue weighted by atomic mass is 10.3. The Morgan fingerprint density at radius 1 is 1.59 bits per heavy atom. The van der Waals surface area contributed by atoms with Crippen molar-refractivity contribution in [2.75, 3.05) is 13.6 Å². The van der Waals surface area contributed by atoms with Gasteiger partial charge in [0.1, 0.15) is 0 Å². The first-order valence-corrected chi connectivity index (χ1v) is 6.12. The molecule has 0 fully saturated rings.